The average molecular weight is 444 g/mol. The van der Waals surface area contributed by atoms with Crippen LogP contribution >= 0.6 is 0 Å². The van der Waals surface area contributed by atoms with E-state index in [0.29, 0.717) is 6.42 Å². The van der Waals surface area contributed by atoms with Crippen molar-refractivity contribution < 1.29 is 51.8 Å². The van der Waals surface area contributed by atoms with Crippen LogP contribution in [0.15, 0.2) is 4.99 Å². The molecule has 0 heterocycles. The molecule has 0 aromatic rings. The summed E-state index contributed by atoms with van der Waals surface area (Å²) < 4.78 is 33.9. The number of aliphatic imine (C=N–C) groups is 1. The smallest absolute Gasteiger partial charge is 0.862 e. The first-order chi connectivity index (χ1) is 13.3. The van der Waals surface area contributed by atoms with Crippen LogP contribution in [0.5, 0.6) is 0 Å². The van der Waals surface area contributed by atoms with E-state index in [2.05, 4.69) is 16.1 Å². The second-order valence-electron chi connectivity index (χ2n) is 7.77. The molecule has 0 rings (SSSR count). The third kappa shape index (κ3) is 26.3. The summed E-state index contributed by atoms with van der Waals surface area (Å²) in [5, 5.41) is 11.6. The van der Waals surface area contributed by atoms with Gasteiger partial charge in [0.25, 0.3) is 0 Å². The molecular weight excluding hydrogens is 401 g/mol. The number of rotatable bonds is 20. The number of unbranched alkanes of at least 4 members (excludes halogenated alkanes) is 14. The third-order valence-electron chi connectivity index (χ3n) is 4.80. The fraction of sp³-hybridized carbons (Fsp3) is 0.952. The van der Waals surface area contributed by atoms with Crippen LogP contribution < -0.4 is 34.7 Å². The van der Waals surface area contributed by atoms with Gasteiger partial charge in [0.05, 0.1) is 12.6 Å². The maximum Gasteiger partial charge on any atom is 1.00 e. The Labute approximate surface area is 201 Å². The van der Waals surface area contributed by atoms with Crippen molar-refractivity contribution >= 4 is 16.3 Å². The Morgan fingerprint density at radius 2 is 1.24 bits per heavy atom. The van der Waals surface area contributed by atoms with E-state index >= 15 is 0 Å². The summed E-state index contributed by atoms with van der Waals surface area (Å²) in [4.78, 5) is 3.77. The molecule has 0 spiro atoms. The van der Waals surface area contributed by atoms with Crippen molar-refractivity contribution in [2.45, 2.75) is 123 Å². The Balaban J connectivity index is 0. The first-order valence-corrected chi connectivity index (χ1v) is 12.6. The Kier molecular flexibility index (Phi) is 23.4. The minimum Gasteiger partial charge on any atom is -0.862 e. The fourth-order valence-corrected chi connectivity index (χ4v) is 3.67. The fourth-order valence-electron chi connectivity index (χ4n) is 3.19. The number of hydrogen-bond donors (Lipinski definition) is 1. The first-order valence-electron chi connectivity index (χ1n) is 11.2. The van der Waals surface area contributed by atoms with Crippen molar-refractivity contribution in [3.05, 3.63) is 0 Å². The average Bonchev–Trinajstić information content (AvgIpc) is 2.62. The van der Waals surface area contributed by atoms with Gasteiger partial charge in [-0.25, -0.2) is 4.18 Å². The van der Waals surface area contributed by atoms with Gasteiger partial charge in [0.2, 0.25) is 0 Å². The van der Waals surface area contributed by atoms with Crippen molar-refractivity contribution in [3.8, 4) is 0 Å². The zero-order chi connectivity index (χ0) is 21.1. The molecular formula is C21H42NNaO5S. The summed E-state index contributed by atoms with van der Waals surface area (Å²) in [6.07, 6.45) is 18.7. The summed E-state index contributed by atoms with van der Waals surface area (Å²) in [5.41, 5.74) is 0. The minimum absolute atomic E-state index is 0. The van der Waals surface area contributed by atoms with Gasteiger partial charge < -0.3 is 10.1 Å². The van der Waals surface area contributed by atoms with E-state index in [1.807, 2.05) is 0 Å². The van der Waals surface area contributed by atoms with Crippen molar-refractivity contribution in [2.75, 3.05) is 6.54 Å². The van der Waals surface area contributed by atoms with Crippen LogP contribution in [0.4, 0.5) is 0 Å². The molecule has 0 aliphatic rings. The van der Waals surface area contributed by atoms with E-state index in [1.165, 1.54) is 84.0 Å². The predicted molar refractivity (Wildman–Crippen MR) is 114 cm³/mol. The molecule has 0 aliphatic carbocycles. The minimum atomic E-state index is -4.49. The summed E-state index contributed by atoms with van der Waals surface area (Å²) >= 11 is 0. The van der Waals surface area contributed by atoms with Gasteiger partial charge in [-0.15, -0.1) is 0 Å². The second-order valence-corrected chi connectivity index (χ2v) is 8.82. The zero-order valence-electron chi connectivity index (χ0n) is 19.0. The summed E-state index contributed by atoms with van der Waals surface area (Å²) in [5.74, 6) is -0.236. The largest absolute Gasteiger partial charge is 1.00 e. The molecule has 29 heavy (non-hydrogen) atoms. The second kappa shape index (κ2) is 21.6. The Hall–Kier alpha value is 0.340. The van der Waals surface area contributed by atoms with Gasteiger partial charge in [-0.05, 0) is 25.7 Å². The molecule has 1 atom stereocenters. The molecule has 0 bridgehead atoms. The monoisotopic (exact) mass is 443 g/mol. The standard InChI is InChI=1S/C21H43NO5S.Na/c1-3-4-5-6-7-8-9-10-11-12-13-14-15-16-17-18-21(23)22-19-20(2)27-28(24,25)26;/h20H,3-19H2,1-2H3,(H,22,23)(H,24,25,26);/q;+1/p-1. The molecule has 6 nitrogen and oxygen atoms in total. The molecule has 8 heteroatoms. The SMILES string of the molecule is CCCCCCCCCCCCCCCCCC([O-])=NCC(C)OS(=O)(=O)O.[Na+]. The number of hydrogen-bond acceptors (Lipinski definition) is 5. The molecule has 0 fully saturated rings. The van der Waals surface area contributed by atoms with Crippen molar-refractivity contribution in [1.29, 1.82) is 0 Å². The zero-order valence-corrected chi connectivity index (χ0v) is 21.9. The van der Waals surface area contributed by atoms with Crippen LogP contribution in [-0.2, 0) is 14.6 Å². The van der Waals surface area contributed by atoms with Gasteiger partial charge in [0.15, 0.2) is 0 Å². The van der Waals surface area contributed by atoms with Gasteiger partial charge in [-0.2, -0.15) is 8.42 Å². The van der Waals surface area contributed by atoms with E-state index in [9.17, 15) is 13.5 Å². The summed E-state index contributed by atoms with van der Waals surface area (Å²) in [7, 11) is -4.49. The molecule has 0 aromatic carbocycles. The van der Waals surface area contributed by atoms with Gasteiger partial charge in [0, 0.05) is 0 Å². The van der Waals surface area contributed by atoms with E-state index in [1.54, 1.807) is 0 Å². The molecule has 0 amide bonds. The Morgan fingerprint density at radius 3 is 1.62 bits per heavy atom. The van der Waals surface area contributed by atoms with Crippen LogP contribution in [-0.4, -0.2) is 31.5 Å². The van der Waals surface area contributed by atoms with Gasteiger partial charge in [-0.3, -0.25) is 4.55 Å². The maximum atomic E-state index is 11.6. The van der Waals surface area contributed by atoms with Crippen LogP contribution in [0, 0.1) is 0 Å². The van der Waals surface area contributed by atoms with Gasteiger partial charge in [0.1, 0.15) is 0 Å². The molecule has 0 radical (unpaired) electrons. The van der Waals surface area contributed by atoms with Crippen molar-refractivity contribution in [3.63, 3.8) is 0 Å². The summed E-state index contributed by atoms with van der Waals surface area (Å²) in [6.45, 7) is 3.64. The molecule has 0 aliphatic heterocycles. The third-order valence-corrected chi connectivity index (χ3v) is 5.38. The van der Waals surface area contributed by atoms with Crippen LogP contribution in [0.25, 0.3) is 0 Å². The Morgan fingerprint density at radius 1 is 0.862 bits per heavy atom. The molecule has 0 saturated carbocycles. The molecule has 0 saturated heterocycles. The van der Waals surface area contributed by atoms with E-state index in [4.69, 9.17) is 4.55 Å². The molecule has 1 unspecified atom stereocenters. The topological polar surface area (TPSA) is 99.0 Å². The van der Waals surface area contributed by atoms with Crippen molar-refractivity contribution in [1.82, 2.24) is 0 Å². The van der Waals surface area contributed by atoms with E-state index in [-0.39, 0.29) is 42.0 Å². The van der Waals surface area contributed by atoms with Crippen LogP contribution in [0.1, 0.15) is 117 Å². The van der Waals surface area contributed by atoms with Gasteiger partial charge >= 0.3 is 40.0 Å². The van der Waals surface area contributed by atoms with E-state index in [0.717, 1.165) is 19.3 Å². The summed E-state index contributed by atoms with van der Waals surface area (Å²) in [6, 6.07) is 0. The number of nitrogens with zero attached hydrogens (tertiary/aromatic N) is 1. The van der Waals surface area contributed by atoms with E-state index < -0.39 is 16.5 Å². The van der Waals surface area contributed by atoms with Crippen LogP contribution in [0.3, 0.4) is 0 Å². The maximum absolute atomic E-state index is 11.6. The Bertz CT molecular complexity index is 485. The normalized spacial score (nSPS) is 13.3. The van der Waals surface area contributed by atoms with Gasteiger partial charge in [-0.1, -0.05) is 96.8 Å². The quantitative estimate of drug-likeness (QED) is 0.102. The first kappa shape index (κ1) is 31.5. The molecule has 0 aromatic heterocycles. The molecule has 168 valence electrons. The molecule has 1 N–H and O–H groups in total. The predicted octanol–water partition coefficient (Wildman–Crippen LogP) is 2.22. The van der Waals surface area contributed by atoms with Crippen LogP contribution in [0.2, 0.25) is 0 Å². The van der Waals surface area contributed by atoms with Crippen molar-refractivity contribution in [2.24, 2.45) is 4.99 Å².